The zero-order chi connectivity index (χ0) is 94.7. The average molecular weight is 2010 g/mol. The van der Waals surface area contributed by atoms with Crippen LogP contribution in [-0.2, 0) is 110 Å². The Morgan fingerprint density at radius 3 is 1.16 bits per heavy atom. The molecule has 0 aliphatic carbocycles. The number of anilines is 6. The lowest BCUT2D eigenvalue weighted by atomic mass is 9.98. The van der Waals surface area contributed by atoms with E-state index >= 15 is 13.2 Å². The van der Waals surface area contributed by atoms with Crippen molar-refractivity contribution >= 4 is 149 Å². The van der Waals surface area contributed by atoms with Gasteiger partial charge in [0.05, 0.1) is 107 Å². The van der Waals surface area contributed by atoms with Crippen LogP contribution in [0, 0.1) is 5.92 Å². The fraction of sp³-hybridized carbons (Fsp3) is 0.492. The molecule has 0 aromatic carbocycles. The summed E-state index contributed by atoms with van der Waals surface area (Å²) in [5.74, 6) is -1.38. The van der Waals surface area contributed by atoms with Crippen LogP contribution in [0.4, 0.5) is 48.1 Å². The number of alkyl halides is 3. The van der Waals surface area contributed by atoms with Crippen molar-refractivity contribution in [3.63, 3.8) is 0 Å². The van der Waals surface area contributed by atoms with Crippen molar-refractivity contribution in [1.29, 1.82) is 0 Å². The number of nitrogens with one attached hydrogen (secondary N) is 3. The molecule has 0 radical (unpaired) electrons. The molecule has 21 rings (SSSR count). The van der Waals surface area contributed by atoms with E-state index in [9.17, 15) is 71.1 Å². The Kier molecular flexibility index (Phi) is 24.2. The molecule has 6 bridgehead atoms. The smallest absolute Gasteiger partial charge is 0.397 e. The molecule has 28 atom stereocenters. The maximum Gasteiger partial charge on any atom is 0.472 e. The van der Waals surface area contributed by atoms with Gasteiger partial charge < -0.3 is 92.2 Å². The zero-order valence-corrected chi connectivity index (χ0v) is 73.6. The third kappa shape index (κ3) is 17.9. The van der Waals surface area contributed by atoms with E-state index in [1.54, 1.807) is 17.6 Å². The molecule has 69 heteroatoms. The second kappa shape index (κ2) is 34.9. The summed E-state index contributed by atoms with van der Waals surface area (Å²) in [6.45, 7) is -1.65. The number of phosphoric ester groups is 6. The molecule has 720 valence electrons. The number of nitrogens with zero attached hydrogens (tertiary/aromatic N) is 18. The maximum absolute atomic E-state index is 16.6. The summed E-state index contributed by atoms with van der Waals surface area (Å²) in [4.78, 5) is 157. The molecule has 12 aromatic rings. The van der Waals surface area contributed by atoms with E-state index in [0.29, 0.717) is 16.9 Å². The van der Waals surface area contributed by atoms with Crippen LogP contribution in [0.15, 0.2) is 89.1 Å². The van der Waals surface area contributed by atoms with E-state index in [1.807, 2.05) is 0 Å². The Bertz CT molecular complexity index is 7090. The van der Waals surface area contributed by atoms with Crippen LogP contribution in [0.1, 0.15) is 64.1 Å². The average Bonchev–Trinajstić information content (AvgIpc) is 1.59. The first-order chi connectivity index (χ1) is 63.4. The molecule has 21 N–H and O–H groups in total. The molecule has 9 aliphatic rings. The van der Waals surface area contributed by atoms with Gasteiger partial charge in [0, 0.05) is 37.4 Å². The summed E-state index contributed by atoms with van der Waals surface area (Å²) in [6, 6.07) is 4.56. The number of rotatable bonds is 6. The molecule has 21 heterocycles. The Morgan fingerprint density at radius 2 is 0.709 bits per heavy atom. The van der Waals surface area contributed by atoms with E-state index in [-0.39, 0.29) is 97.9 Å². The quantitative estimate of drug-likeness (QED) is 0.105. The van der Waals surface area contributed by atoms with Crippen molar-refractivity contribution in [2.75, 3.05) is 74.0 Å². The topological polar surface area (TPSA) is 829 Å². The number of phosphoric acid groups is 6. The second-order valence-electron chi connectivity index (χ2n) is 31.5. The van der Waals surface area contributed by atoms with Gasteiger partial charge in [0.2, 0.25) is 17.8 Å². The maximum atomic E-state index is 16.6. The highest BCUT2D eigenvalue weighted by Crippen LogP contribution is 2.60. The number of hydrogen-bond acceptors (Lipinski definition) is 45. The van der Waals surface area contributed by atoms with Crippen molar-refractivity contribution < 1.29 is 153 Å². The van der Waals surface area contributed by atoms with Gasteiger partial charge in [-0.25, -0.2) is 85.4 Å². The summed E-state index contributed by atoms with van der Waals surface area (Å²) in [5, 5.41) is 0. The van der Waals surface area contributed by atoms with E-state index in [4.69, 9.17) is 117 Å². The molecule has 12 aromatic heterocycles. The third-order valence-electron chi connectivity index (χ3n) is 22.6. The molecule has 0 saturated carbocycles. The molecule has 9 aliphatic heterocycles. The fourth-order valence-corrected chi connectivity index (χ4v) is 22.5. The first-order valence-electron chi connectivity index (χ1n) is 39.7. The SMILES string of the molecule is C[C@@H]1[C@@H]2OP(=O)(O)OC[C@@H]3C[C@@H](OP(=O)(O)OC[C@H]2O[C@H]1n1cnc2c(N)ccnc21)[C@H](n1cnc2c(=O)[nH]c(N)nc21)O3.C[C@]1(F)[C@@H]2OP(=O)(O)OC[C@@H]3C[C@@H](OP(=O)(O)OC[C@H]2O[C@H]1n1cnc2c(N)ccnc21)[C@H](n1cnc2c(=O)[nH]c(N)nc21)O3.Nc1nc2c(ncn2[C@@H]2O[C@@H]3COP(=O)(O)OC4[C@@H](COP(=O)(O)O[C@H]2C3F)O[C@@H](n2cnc3c(N)ccnc32)[C@H]4F)c(=O)[nH]1. The minimum absolute atomic E-state index is 0.0166. The lowest BCUT2D eigenvalue weighted by Crippen LogP contribution is -2.42. The molecule has 0 spiro atoms. The van der Waals surface area contributed by atoms with Gasteiger partial charge in [-0.3, -0.25) is 111 Å². The van der Waals surface area contributed by atoms with E-state index in [0.717, 1.165) is 22.4 Å². The van der Waals surface area contributed by atoms with Crippen LogP contribution >= 0.6 is 46.9 Å². The summed E-state index contributed by atoms with van der Waals surface area (Å²) < 4.78 is 233. The van der Waals surface area contributed by atoms with Gasteiger partial charge in [-0.1, -0.05) is 6.92 Å². The number of ether oxygens (including phenoxy) is 6. The lowest BCUT2D eigenvalue weighted by Gasteiger charge is -2.29. The minimum atomic E-state index is -5.23. The molecule has 9 saturated heterocycles. The molecular formula is C65H76F3N27O33P6. The summed E-state index contributed by atoms with van der Waals surface area (Å²) in [7, 11) is -30.0. The first kappa shape index (κ1) is 93.0. The highest BCUT2D eigenvalue weighted by atomic mass is 31.2. The Morgan fingerprint density at radius 1 is 0.373 bits per heavy atom. The highest BCUT2D eigenvalue weighted by molar-refractivity contribution is 7.48. The monoisotopic (exact) mass is 2010 g/mol. The molecule has 9 fully saturated rings. The predicted molar refractivity (Wildman–Crippen MR) is 439 cm³/mol. The molecule has 8 unspecified atom stereocenters. The number of halogens is 3. The van der Waals surface area contributed by atoms with E-state index in [2.05, 4.69) is 74.8 Å². The van der Waals surface area contributed by atoms with Gasteiger partial charge in [-0.2, -0.15) is 15.0 Å². The predicted octanol–water partition coefficient (Wildman–Crippen LogP) is 1.45. The fourth-order valence-electron chi connectivity index (χ4n) is 16.6. The van der Waals surface area contributed by atoms with Crippen LogP contribution in [0.5, 0.6) is 0 Å². The lowest BCUT2D eigenvalue weighted by molar-refractivity contribution is -0.0674. The summed E-state index contributed by atoms with van der Waals surface area (Å²) >= 11 is 0. The number of H-pyrrole nitrogens is 3. The number of imidazole rings is 6. The van der Waals surface area contributed by atoms with Gasteiger partial charge in [0.1, 0.15) is 83.8 Å². The first-order valence-corrected chi connectivity index (χ1v) is 48.6. The van der Waals surface area contributed by atoms with Crippen LogP contribution in [0.25, 0.3) is 67.0 Å². The number of pyridine rings is 3. The van der Waals surface area contributed by atoms with Crippen molar-refractivity contribution in [1.82, 2.24) is 102 Å². The van der Waals surface area contributed by atoms with Crippen LogP contribution in [-0.4, -0.2) is 262 Å². The zero-order valence-electron chi connectivity index (χ0n) is 68.2. The Hall–Kier alpha value is -10.1. The number of nitrogen functional groups attached to an aromatic ring is 6. The molecule has 134 heavy (non-hydrogen) atoms. The molecule has 0 amide bonds. The molecular weight excluding hydrogens is 1930 g/mol. The van der Waals surface area contributed by atoms with Crippen LogP contribution in [0.3, 0.4) is 0 Å². The summed E-state index contributed by atoms with van der Waals surface area (Å²) in [5.41, 5.74) is 32.1. The molecule has 60 nitrogen and oxygen atoms in total. The number of nitrogens with two attached hydrogens (primary N) is 6. The van der Waals surface area contributed by atoms with Gasteiger partial charge in [0.25, 0.3) is 16.7 Å². The van der Waals surface area contributed by atoms with Crippen molar-refractivity contribution in [2.45, 2.75) is 155 Å². The Labute approximate surface area is 741 Å². The number of aromatic nitrogens is 21. The highest BCUT2D eigenvalue weighted by Gasteiger charge is 2.62. The van der Waals surface area contributed by atoms with Crippen molar-refractivity contribution in [2.24, 2.45) is 5.92 Å². The number of hydrogen-bond donors (Lipinski definition) is 15. The Balaban J connectivity index is 0.000000129. The van der Waals surface area contributed by atoms with Gasteiger partial charge in [-0.05, 0) is 25.1 Å². The minimum Gasteiger partial charge on any atom is -0.397 e. The van der Waals surface area contributed by atoms with E-state index < -0.39 is 238 Å². The van der Waals surface area contributed by atoms with Gasteiger partial charge in [-0.15, -0.1) is 0 Å². The number of aromatic amines is 3. The summed E-state index contributed by atoms with van der Waals surface area (Å²) in [6.07, 6.45) is -18.6. The van der Waals surface area contributed by atoms with Gasteiger partial charge in [0.15, 0.2) is 99.6 Å². The van der Waals surface area contributed by atoms with Crippen LogP contribution in [0.2, 0.25) is 0 Å². The van der Waals surface area contributed by atoms with Gasteiger partial charge >= 0.3 is 46.9 Å². The van der Waals surface area contributed by atoms with E-state index in [1.165, 1.54) is 76.1 Å². The third-order valence-corrected chi connectivity index (χ3v) is 28.6. The van der Waals surface area contributed by atoms with Crippen molar-refractivity contribution in [3.05, 3.63) is 106 Å². The van der Waals surface area contributed by atoms with Crippen molar-refractivity contribution in [3.8, 4) is 0 Å². The second-order valence-corrected chi connectivity index (χ2v) is 39.9. The number of fused-ring (bicyclic) bond motifs is 15. The standard InChI is InChI=1S/C22H26FN9O11P2.C22H27N9O11P2.C21H23F2N9O11P2/c1-22(23)15-12(41-20(22)32-8-27-13-10(24)2-3-26-16(13)32)6-39-44(34,35)42-11-4-9(5-38-45(36,37)43-15)40-19(11)31-7-28-14-17(31)29-21(25)30-18(14)33;1-9-16-13(40-20(9)30-7-26-14-11(23)2-3-25-17(14)30)6-38-43(33,34)41-12-4-10(5-37-44(35,36)42-16)39-21(12)31-8-27-15-18(31)28-22(24)29-19(15)32;22-10-8-3-38-44(34,35)42-14-9(41-19(11(14)23)31-5-27-12-7(24)1-2-26-16(12)31)4-39-45(36,37)43-15(10)20(40-8)32-6-28-13-17(32)29-21(25)30-18(13)33/h2-3,7-9,11-12,15,19-20H,4-6H2,1H3,(H2,24,26)(H,34,35)(H,36,37)(H3,25,29,30,33);2-3,7-10,12-13,16,20-21H,4-6H2,1H3,(H2,23,25)(H,33,34)(H,35,36)(H3,24,28,29,32);1-2,5-6,8-11,14-15,19-20H,3-4H2,(H2,24,26)(H,34,35)(H,36,37)(H3,25,29,30,33)/t9-,11+,12+,15+,19+,20+,22-;9-,10+,12-,13-,16+,20-,21-;8-,9-,10?,11+,14?,15+,19-,20-/m011/s1. The van der Waals surface area contributed by atoms with Crippen LogP contribution < -0.4 is 51.1 Å². The largest absolute Gasteiger partial charge is 0.472 e. The normalized spacial score (nSPS) is 37.3.